The number of amides is 1. The molecule has 2 rings (SSSR count). The molecule has 0 fully saturated rings. The van der Waals surface area contributed by atoms with Crippen LogP contribution in [0.1, 0.15) is 26.8 Å². The Balaban J connectivity index is 1.95. The summed E-state index contributed by atoms with van der Waals surface area (Å²) in [5.41, 5.74) is 0.681. The Kier molecular flexibility index (Phi) is 5.83. The Labute approximate surface area is 134 Å². The molecule has 0 saturated heterocycles. The molecule has 0 radical (unpaired) electrons. The number of nitrogens with one attached hydrogen (secondary N) is 1. The Bertz CT molecular complexity index is 628. The SMILES string of the molecule is CCOc1ccccc1NC(=O)CSc1nncn1C(C)C. The second kappa shape index (κ2) is 7.84. The number of thioether (sulfide) groups is 1. The lowest BCUT2D eigenvalue weighted by Crippen LogP contribution is -2.15. The minimum atomic E-state index is -0.101. The molecule has 2 aromatic rings. The monoisotopic (exact) mass is 320 g/mol. The van der Waals surface area contributed by atoms with Gasteiger partial charge >= 0.3 is 0 Å². The van der Waals surface area contributed by atoms with Crippen molar-refractivity contribution in [2.75, 3.05) is 17.7 Å². The average Bonchev–Trinajstić information content (AvgIpc) is 2.96. The van der Waals surface area contributed by atoms with Crippen LogP contribution >= 0.6 is 11.8 Å². The highest BCUT2D eigenvalue weighted by Gasteiger charge is 2.12. The van der Waals surface area contributed by atoms with Crippen LogP contribution in [0, 0.1) is 0 Å². The quantitative estimate of drug-likeness (QED) is 0.794. The largest absolute Gasteiger partial charge is 0.492 e. The van der Waals surface area contributed by atoms with Gasteiger partial charge in [-0.15, -0.1) is 10.2 Å². The first kappa shape index (κ1) is 16.4. The fraction of sp³-hybridized carbons (Fsp3) is 0.400. The highest BCUT2D eigenvalue weighted by molar-refractivity contribution is 7.99. The molecule has 0 aliphatic carbocycles. The summed E-state index contributed by atoms with van der Waals surface area (Å²) in [6.07, 6.45) is 1.68. The van der Waals surface area contributed by atoms with E-state index < -0.39 is 0 Å². The number of nitrogens with zero attached hydrogens (tertiary/aromatic N) is 3. The van der Waals surface area contributed by atoms with Crippen LogP contribution in [0.3, 0.4) is 0 Å². The minimum absolute atomic E-state index is 0.101. The van der Waals surface area contributed by atoms with Gasteiger partial charge in [-0.25, -0.2) is 0 Å². The Hall–Kier alpha value is -2.02. The Morgan fingerprint density at radius 2 is 2.18 bits per heavy atom. The molecule has 0 unspecified atom stereocenters. The maximum Gasteiger partial charge on any atom is 0.234 e. The van der Waals surface area contributed by atoms with Crippen LogP contribution in [0.15, 0.2) is 35.7 Å². The van der Waals surface area contributed by atoms with E-state index in [0.29, 0.717) is 18.0 Å². The predicted octanol–water partition coefficient (Wildman–Crippen LogP) is 2.99. The van der Waals surface area contributed by atoms with Gasteiger partial charge in [0.15, 0.2) is 5.16 Å². The maximum absolute atomic E-state index is 12.1. The second-order valence-corrected chi connectivity index (χ2v) is 5.82. The fourth-order valence-corrected chi connectivity index (χ4v) is 2.70. The molecule has 6 nitrogen and oxygen atoms in total. The number of rotatable bonds is 7. The van der Waals surface area contributed by atoms with Gasteiger partial charge in [-0.1, -0.05) is 23.9 Å². The zero-order valence-electron chi connectivity index (χ0n) is 12.9. The minimum Gasteiger partial charge on any atom is -0.492 e. The summed E-state index contributed by atoms with van der Waals surface area (Å²) in [7, 11) is 0. The molecule has 1 aromatic heterocycles. The van der Waals surface area contributed by atoms with Crippen molar-refractivity contribution in [2.45, 2.75) is 32.0 Å². The summed E-state index contributed by atoms with van der Waals surface area (Å²) in [4.78, 5) is 12.1. The van der Waals surface area contributed by atoms with Gasteiger partial charge in [0, 0.05) is 6.04 Å². The van der Waals surface area contributed by atoms with Crippen LogP contribution in [0.2, 0.25) is 0 Å². The van der Waals surface area contributed by atoms with E-state index in [4.69, 9.17) is 4.74 Å². The van der Waals surface area contributed by atoms with Gasteiger partial charge in [0.1, 0.15) is 12.1 Å². The number of carbonyl (C=O) groups is 1. The third-order valence-corrected chi connectivity index (χ3v) is 3.85. The first-order valence-corrected chi connectivity index (χ1v) is 8.14. The van der Waals surface area contributed by atoms with Crippen LogP contribution in [0.25, 0.3) is 0 Å². The third-order valence-electron chi connectivity index (χ3n) is 2.89. The molecule has 1 aromatic carbocycles. The highest BCUT2D eigenvalue weighted by atomic mass is 32.2. The second-order valence-electron chi connectivity index (χ2n) is 4.88. The topological polar surface area (TPSA) is 69.0 Å². The Morgan fingerprint density at radius 1 is 1.41 bits per heavy atom. The van der Waals surface area contributed by atoms with Crippen molar-refractivity contribution >= 4 is 23.4 Å². The zero-order chi connectivity index (χ0) is 15.9. The summed E-state index contributed by atoms with van der Waals surface area (Å²) >= 11 is 1.37. The lowest BCUT2D eigenvalue weighted by atomic mass is 10.3. The van der Waals surface area contributed by atoms with E-state index in [-0.39, 0.29) is 17.7 Å². The molecule has 0 bridgehead atoms. The predicted molar refractivity (Wildman–Crippen MR) is 87.4 cm³/mol. The van der Waals surface area contributed by atoms with Crippen LogP contribution in [0.4, 0.5) is 5.69 Å². The van der Waals surface area contributed by atoms with E-state index in [1.807, 2.05) is 49.6 Å². The molecule has 118 valence electrons. The molecular formula is C15H20N4O2S. The summed E-state index contributed by atoms with van der Waals surface area (Å²) in [5.74, 6) is 0.843. The molecule has 0 aliphatic rings. The van der Waals surface area contributed by atoms with Crippen molar-refractivity contribution < 1.29 is 9.53 Å². The van der Waals surface area contributed by atoms with Gasteiger partial charge in [0.05, 0.1) is 18.0 Å². The maximum atomic E-state index is 12.1. The molecule has 0 aliphatic heterocycles. The van der Waals surface area contributed by atoms with Gasteiger partial charge in [-0.3, -0.25) is 4.79 Å². The number of carbonyl (C=O) groups excluding carboxylic acids is 1. The zero-order valence-corrected chi connectivity index (χ0v) is 13.8. The van der Waals surface area contributed by atoms with Gasteiger partial charge in [-0.2, -0.15) is 0 Å². The molecule has 1 N–H and O–H groups in total. The van der Waals surface area contributed by atoms with E-state index in [1.165, 1.54) is 11.8 Å². The van der Waals surface area contributed by atoms with E-state index in [9.17, 15) is 4.79 Å². The molecule has 0 saturated carbocycles. The number of hydrogen-bond donors (Lipinski definition) is 1. The summed E-state index contributed by atoms with van der Waals surface area (Å²) < 4.78 is 7.43. The van der Waals surface area contributed by atoms with Crippen molar-refractivity contribution in [1.29, 1.82) is 0 Å². The van der Waals surface area contributed by atoms with Crippen LogP contribution < -0.4 is 10.1 Å². The lowest BCUT2D eigenvalue weighted by Gasteiger charge is -2.12. The number of para-hydroxylation sites is 2. The van der Waals surface area contributed by atoms with E-state index in [2.05, 4.69) is 15.5 Å². The van der Waals surface area contributed by atoms with Crippen molar-refractivity contribution in [3.63, 3.8) is 0 Å². The van der Waals surface area contributed by atoms with E-state index in [1.54, 1.807) is 6.33 Å². The van der Waals surface area contributed by atoms with Crippen LogP contribution in [-0.4, -0.2) is 33.0 Å². The number of aromatic nitrogens is 3. The van der Waals surface area contributed by atoms with Gasteiger partial charge < -0.3 is 14.6 Å². The standard InChI is InChI=1S/C15H20N4O2S/c1-4-21-13-8-6-5-7-12(13)17-14(20)9-22-15-18-16-10-19(15)11(2)3/h5-8,10-11H,4,9H2,1-3H3,(H,17,20). The molecular weight excluding hydrogens is 300 g/mol. The lowest BCUT2D eigenvalue weighted by molar-refractivity contribution is -0.113. The first-order chi connectivity index (χ1) is 10.6. The molecule has 0 atom stereocenters. The average molecular weight is 320 g/mol. The summed E-state index contributed by atoms with van der Waals surface area (Å²) in [6.45, 7) is 6.56. The van der Waals surface area contributed by atoms with Gasteiger partial charge in [0.2, 0.25) is 5.91 Å². The number of hydrogen-bond acceptors (Lipinski definition) is 5. The fourth-order valence-electron chi connectivity index (χ4n) is 1.86. The van der Waals surface area contributed by atoms with Crippen molar-refractivity contribution in [3.05, 3.63) is 30.6 Å². The highest BCUT2D eigenvalue weighted by Crippen LogP contribution is 2.24. The molecule has 0 spiro atoms. The van der Waals surface area contributed by atoms with Gasteiger partial charge in [-0.05, 0) is 32.9 Å². The molecule has 1 heterocycles. The van der Waals surface area contributed by atoms with Crippen LogP contribution in [-0.2, 0) is 4.79 Å². The van der Waals surface area contributed by atoms with E-state index >= 15 is 0 Å². The molecule has 7 heteroatoms. The van der Waals surface area contributed by atoms with Crippen molar-refractivity contribution in [3.8, 4) is 5.75 Å². The van der Waals surface area contributed by atoms with Crippen molar-refractivity contribution in [2.24, 2.45) is 0 Å². The summed E-state index contributed by atoms with van der Waals surface area (Å²) in [6, 6.07) is 7.66. The van der Waals surface area contributed by atoms with E-state index in [0.717, 1.165) is 5.16 Å². The number of ether oxygens (including phenoxy) is 1. The first-order valence-electron chi connectivity index (χ1n) is 7.15. The number of benzene rings is 1. The van der Waals surface area contributed by atoms with Crippen LogP contribution in [0.5, 0.6) is 5.75 Å². The van der Waals surface area contributed by atoms with Gasteiger partial charge in [0.25, 0.3) is 0 Å². The molecule has 1 amide bonds. The molecule has 22 heavy (non-hydrogen) atoms. The number of anilines is 1. The van der Waals surface area contributed by atoms with Crippen molar-refractivity contribution in [1.82, 2.24) is 14.8 Å². The normalized spacial score (nSPS) is 10.7. The summed E-state index contributed by atoms with van der Waals surface area (Å²) in [5, 5.41) is 11.5. The smallest absolute Gasteiger partial charge is 0.234 e. The third kappa shape index (κ3) is 4.24. The Morgan fingerprint density at radius 3 is 2.91 bits per heavy atom.